The molecule has 0 radical (unpaired) electrons. The zero-order valence-corrected chi connectivity index (χ0v) is 23.7. The van der Waals surface area contributed by atoms with Gasteiger partial charge in [-0.1, -0.05) is 18.2 Å². The maximum absolute atomic E-state index is 13.1. The molecule has 210 valence electrons. The van der Waals surface area contributed by atoms with Gasteiger partial charge in [0, 0.05) is 40.1 Å². The first-order chi connectivity index (χ1) is 20.1. The van der Waals surface area contributed by atoms with Gasteiger partial charge in [-0.15, -0.1) is 0 Å². The molecule has 8 heteroatoms. The molecular weight excluding hydrogens is 530 g/mol. The van der Waals surface area contributed by atoms with E-state index in [2.05, 4.69) is 21.9 Å². The summed E-state index contributed by atoms with van der Waals surface area (Å²) in [7, 11) is 0. The Balaban J connectivity index is 1.60. The van der Waals surface area contributed by atoms with Crippen LogP contribution in [-0.2, 0) is 9.53 Å². The summed E-state index contributed by atoms with van der Waals surface area (Å²) < 4.78 is 12.1. The third kappa shape index (κ3) is 5.00. The smallest absolute Gasteiger partial charge is 0.337 e. The summed E-state index contributed by atoms with van der Waals surface area (Å²) in [5.74, 6) is 2.14. The number of benzene rings is 3. The number of ether oxygens (including phenoxy) is 2. The summed E-state index contributed by atoms with van der Waals surface area (Å²) in [5.41, 5.74) is 8.68. The lowest BCUT2D eigenvalue weighted by Gasteiger charge is -2.29. The predicted octanol–water partition coefficient (Wildman–Crippen LogP) is 7.04. The standard InChI is InChI=1S/C34H29N3O5/c1-19-18-25-22(10-12-24(37-25)32(38)36-21-8-6-5-7-9-21)29(27(19)31(33(39)40)42-34(2,3)4)23-11-13-26-28-20(15-17-41-26)14-16-35-30(23)28/h5-13,18,31H,15,17H2,1-4H3,(H,36,38)(H,39,40). The van der Waals surface area contributed by atoms with E-state index in [4.69, 9.17) is 14.5 Å². The van der Waals surface area contributed by atoms with Crippen LogP contribution in [0.1, 0.15) is 60.5 Å². The van der Waals surface area contributed by atoms with Crippen molar-refractivity contribution in [3.63, 3.8) is 0 Å². The molecule has 1 amide bonds. The number of aromatic nitrogens is 1. The second-order valence-electron chi connectivity index (χ2n) is 11.3. The Labute approximate surface area is 243 Å². The van der Waals surface area contributed by atoms with Crippen molar-refractivity contribution in [1.29, 1.82) is 0 Å². The zero-order valence-electron chi connectivity index (χ0n) is 23.7. The lowest BCUT2D eigenvalue weighted by atomic mass is 9.85. The number of anilines is 1. The molecule has 2 aliphatic rings. The molecule has 3 aromatic carbocycles. The lowest BCUT2D eigenvalue weighted by molar-refractivity contribution is -0.160. The Kier molecular flexibility index (Phi) is 6.76. The molecule has 1 aromatic heterocycles. The van der Waals surface area contributed by atoms with Gasteiger partial charge < -0.3 is 19.9 Å². The molecule has 0 bridgehead atoms. The molecule has 1 atom stereocenters. The minimum absolute atomic E-state index is 0.233. The summed E-state index contributed by atoms with van der Waals surface area (Å²) >= 11 is 0. The molecule has 42 heavy (non-hydrogen) atoms. The molecule has 0 spiro atoms. The van der Waals surface area contributed by atoms with Gasteiger partial charge in [-0.25, -0.2) is 9.78 Å². The number of aryl methyl sites for hydroxylation is 1. The highest BCUT2D eigenvalue weighted by atomic mass is 16.5. The Bertz CT molecular complexity index is 1880. The van der Waals surface area contributed by atoms with Gasteiger partial charge in [-0.2, -0.15) is 4.99 Å². The van der Waals surface area contributed by atoms with E-state index in [1.807, 2.05) is 58.0 Å². The number of aliphatic carboxylic acids is 1. The number of pyridine rings is 1. The molecule has 0 saturated heterocycles. The molecule has 0 aliphatic carbocycles. The highest BCUT2D eigenvalue weighted by molar-refractivity contribution is 6.08. The number of fused-ring (bicyclic) bond motifs is 1. The normalized spacial score (nSPS) is 14.1. The minimum atomic E-state index is -1.27. The maximum Gasteiger partial charge on any atom is 0.337 e. The van der Waals surface area contributed by atoms with Crippen LogP contribution in [-0.4, -0.2) is 40.0 Å². The topological polar surface area (TPSA) is 110 Å². The molecule has 0 fully saturated rings. The molecule has 3 heterocycles. The molecule has 1 unspecified atom stereocenters. The van der Waals surface area contributed by atoms with Gasteiger partial charge in [-0.05, 0) is 87.0 Å². The van der Waals surface area contributed by atoms with Crippen molar-refractivity contribution in [3.05, 3.63) is 88.8 Å². The van der Waals surface area contributed by atoms with E-state index in [1.165, 1.54) is 0 Å². The number of para-hydroxylation sites is 1. The number of carbonyl (C=O) groups excluding carboxylic acids is 1. The van der Waals surface area contributed by atoms with E-state index < -0.39 is 17.7 Å². The maximum atomic E-state index is 13.1. The van der Waals surface area contributed by atoms with Gasteiger partial charge in [0.05, 0.1) is 29.0 Å². The molecule has 2 aliphatic heterocycles. The average molecular weight is 560 g/mol. The van der Waals surface area contributed by atoms with Crippen molar-refractivity contribution in [2.45, 2.75) is 45.8 Å². The number of hydrogen-bond acceptors (Lipinski definition) is 6. The largest absolute Gasteiger partial charge is 0.492 e. The Morgan fingerprint density at radius 2 is 1.86 bits per heavy atom. The van der Waals surface area contributed by atoms with Crippen LogP contribution in [0.2, 0.25) is 0 Å². The lowest BCUT2D eigenvalue weighted by Crippen LogP contribution is -2.28. The Morgan fingerprint density at radius 1 is 1.07 bits per heavy atom. The van der Waals surface area contributed by atoms with E-state index in [9.17, 15) is 14.7 Å². The Morgan fingerprint density at radius 3 is 2.60 bits per heavy atom. The van der Waals surface area contributed by atoms with Gasteiger partial charge in [0.2, 0.25) is 0 Å². The van der Waals surface area contributed by atoms with Crippen molar-refractivity contribution in [2.75, 3.05) is 11.9 Å². The third-order valence-electron chi connectivity index (χ3n) is 7.16. The van der Waals surface area contributed by atoms with Crippen molar-refractivity contribution >= 4 is 45.6 Å². The highest BCUT2D eigenvalue weighted by Gasteiger charge is 2.34. The van der Waals surface area contributed by atoms with Crippen LogP contribution in [0, 0.1) is 6.92 Å². The van der Waals surface area contributed by atoms with E-state index in [0.29, 0.717) is 63.3 Å². The first-order valence-corrected chi connectivity index (χ1v) is 13.7. The number of rotatable bonds is 6. The monoisotopic (exact) mass is 559 g/mol. The van der Waals surface area contributed by atoms with Gasteiger partial charge in [0.15, 0.2) is 6.10 Å². The number of amides is 1. The minimum Gasteiger partial charge on any atom is -0.492 e. The third-order valence-corrected chi connectivity index (χ3v) is 7.16. The number of nitrogens with one attached hydrogen (secondary N) is 1. The van der Waals surface area contributed by atoms with E-state index in [1.54, 1.807) is 30.3 Å². The van der Waals surface area contributed by atoms with Gasteiger partial charge in [-0.3, -0.25) is 4.79 Å². The molecule has 0 saturated carbocycles. The fourth-order valence-electron chi connectivity index (χ4n) is 5.45. The summed E-state index contributed by atoms with van der Waals surface area (Å²) in [6, 6.07) is 18.2. The number of nitrogens with zero attached hydrogens (tertiary/aromatic N) is 2. The second kappa shape index (κ2) is 10.4. The van der Waals surface area contributed by atoms with Crippen LogP contribution >= 0.6 is 0 Å². The fourth-order valence-corrected chi connectivity index (χ4v) is 5.45. The van der Waals surface area contributed by atoms with Crippen LogP contribution < -0.4 is 10.1 Å². The molecule has 6 rings (SSSR count). The van der Waals surface area contributed by atoms with Crippen molar-refractivity contribution in [3.8, 4) is 16.9 Å². The van der Waals surface area contributed by atoms with Crippen LogP contribution in [0.3, 0.4) is 0 Å². The van der Waals surface area contributed by atoms with E-state index in [0.717, 1.165) is 11.1 Å². The molecular formula is C34H29N3O5. The van der Waals surface area contributed by atoms with Gasteiger partial charge in [0.1, 0.15) is 11.4 Å². The van der Waals surface area contributed by atoms with Gasteiger partial charge in [0.25, 0.3) is 5.91 Å². The van der Waals surface area contributed by atoms with E-state index >= 15 is 0 Å². The second-order valence-corrected chi connectivity index (χ2v) is 11.3. The van der Waals surface area contributed by atoms with Crippen LogP contribution in [0.4, 0.5) is 11.4 Å². The first-order valence-electron chi connectivity index (χ1n) is 13.7. The SMILES string of the molecule is Cc1cc2nc(C(=O)Nc3ccccc3)ccc2c(-c2ccc3c4c2N=C=C=C4CCO3)c1C(OC(C)(C)C)C(=O)O. The Hall–Kier alpha value is -5.00. The summed E-state index contributed by atoms with van der Waals surface area (Å²) in [6.45, 7) is 7.84. The number of carbonyl (C=O) groups is 2. The van der Waals surface area contributed by atoms with Crippen molar-refractivity contribution in [2.24, 2.45) is 4.99 Å². The van der Waals surface area contributed by atoms with Crippen molar-refractivity contribution in [1.82, 2.24) is 4.98 Å². The fraction of sp³-hybridized carbons (Fsp3) is 0.235. The number of hydrogen-bond donors (Lipinski definition) is 2. The van der Waals surface area contributed by atoms with E-state index in [-0.39, 0.29) is 11.6 Å². The predicted molar refractivity (Wildman–Crippen MR) is 162 cm³/mol. The van der Waals surface area contributed by atoms with Crippen molar-refractivity contribution < 1.29 is 24.2 Å². The summed E-state index contributed by atoms with van der Waals surface area (Å²) in [5, 5.41) is 14.0. The van der Waals surface area contributed by atoms with Crippen LogP contribution in [0.5, 0.6) is 5.75 Å². The summed E-state index contributed by atoms with van der Waals surface area (Å²) in [4.78, 5) is 35.2. The number of aliphatic imine (C=N–C) groups is 1. The summed E-state index contributed by atoms with van der Waals surface area (Å²) in [6.07, 6.45) is -0.609. The van der Waals surface area contributed by atoms with Gasteiger partial charge >= 0.3 is 5.97 Å². The highest BCUT2D eigenvalue weighted by Crippen LogP contribution is 2.49. The average Bonchev–Trinajstić information content (AvgIpc) is 2.96. The molecule has 8 nitrogen and oxygen atoms in total. The molecule has 4 aromatic rings. The first kappa shape index (κ1) is 27.2. The number of carboxylic acid groups (broad SMARTS) is 1. The van der Waals surface area contributed by atoms with Crippen LogP contribution in [0.15, 0.2) is 71.4 Å². The quantitative estimate of drug-likeness (QED) is 0.245. The number of carboxylic acids is 1. The van der Waals surface area contributed by atoms with Crippen LogP contribution in [0.25, 0.3) is 27.6 Å². The molecule has 2 N–H and O–H groups in total. The zero-order chi connectivity index (χ0) is 29.6.